The summed E-state index contributed by atoms with van der Waals surface area (Å²) in [6.07, 6.45) is -4.24. The van der Waals surface area contributed by atoms with E-state index < -0.39 is 43.4 Å². The summed E-state index contributed by atoms with van der Waals surface area (Å²) >= 11 is 5.94. The van der Waals surface area contributed by atoms with E-state index in [2.05, 4.69) is 4.98 Å². The predicted molar refractivity (Wildman–Crippen MR) is 94.8 cm³/mol. The largest absolute Gasteiger partial charge is 0.322 e. The molecule has 0 N–H and O–H groups in total. The maximum absolute atomic E-state index is 8.87. The smallest absolute Gasteiger partial charge is 0.124 e. The standard InChI is InChI=1S/C19H20ClN3/c20-16-9-7-15(8-10-16)13-23-18-6-2-1-5-17(18)21-19(23)14-22-11-3-4-12-22/h1-2,5-10H,3-4,11-14H2/i1D,2D,3D2,4D2,5D,6D,13D2. The third-order valence-electron chi connectivity index (χ3n) is 3.55. The van der Waals surface area contributed by atoms with Crippen molar-refractivity contribution >= 4 is 22.6 Å². The number of halogens is 1. The number of rotatable bonds is 4. The van der Waals surface area contributed by atoms with Crippen molar-refractivity contribution in [2.45, 2.75) is 25.8 Å². The minimum absolute atomic E-state index is 0.0328. The first-order chi connectivity index (χ1) is 15.2. The fraction of sp³-hybridized carbons (Fsp3) is 0.316. The summed E-state index contributed by atoms with van der Waals surface area (Å²) in [4.78, 5) is 5.81. The molecule has 0 bridgehead atoms. The average molecular weight is 336 g/mol. The zero-order chi connectivity index (χ0) is 24.5. The molecule has 0 aliphatic carbocycles. The van der Waals surface area contributed by atoms with E-state index in [0.29, 0.717) is 5.02 Å². The number of aromatic nitrogens is 2. The average Bonchev–Trinajstić information content (AvgIpc) is 3.19. The monoisotopic (exact) mass is 335 g/mol. The van der Waals surface area contributed by atoms with Gasteiger partial charge >= 0.3 is 0 Å². The molecule has 0 spiro atoms. The third kappa shape index (κ3) is 3.12. The first-order valence-electron chi connectivity index (χ1n) is 12.1. The molecule has 3 nitrogen and oxygen atoms in total. The van der Waals surface area contributed by atoms with E-state index in [-0.39, 0.29) is 42.1 Å². The Kier molecular flexibility index (Phi) is 2.03. The van der Waals surface area contributed by atoms with Crippen molar-refractivity contribution in [1.82, 2.24) is 14.5 Å². The zero-order valence-corrected chi connectivity index (χ0v) is 12.9. The van der Waals surface area contributed by atoms with Crippen molar-refractivity contribution in [2.75, 3.05) is 13.1 Å². The van der Waals surface area contributed by atoms with Gasteiger partial charge in [-0.15, -0.1) is 0 Å². The highest BCUT2D eigenvalue weighted by Gasteiger charge is 2.17. The van der Waals surface area contributed by atoms with Crippen molar-refractivity contribution in [3.8, 4) is 0 Å². The Hall–Kier alpha value is -1.84. The number of likely N-dealkylation sites (tertiary alicyclic amines) is 1. The van der Waals surface area contributed by atoms with E-state index in [0.717, 1.165) is 4.57 Å². The summed E-state index contributed by atoms with van der Waals surface area (Å²) in [6.45, 7) is -2.95. The maximum Gasteiger partial charge on any atom is 0.124 e. The van der Waals surface area contributed by atoms with Gasteiger partial charge < -0.3 is 4.57 Å². The molecule has 2 heterocycles. The van der Waals surface area contributed by atoms with Crippen molar-refractivity contribution in [3.63, 3.8) is 0 Å². The second-order valence-corrected chi connectivity index (χ2v) is 5.61. The Labute approximate surface area is 155 Å². The number of benzene rings is 2. The van der Waals surface area contributed by atoms with Gasteiger partial charge in [-0.05, 0) is 55.6 Å². The highest BCUT2D eigenvalue weighted by atomic mass is 35.5. The summed E-state index contributed by atoms with van der Waals surface area (Å²) in [5, 5.41) is 0.397. The number of hydrogen-bond donors (Lipinski definition) is 0. The lowest BCUT2D eigenvalue weighted by atomic mass is 10.2. The van der Waals surface area contributed by atoms with E-state index in [9.17, 15) is 0 Å². The number of nitrogens with zero attached hydrogens (tertiary/aromatic N) is 3. The van der Waals surface area contributed by atoms with Gasteiger partial charge in [0.15, 0.2) is 0 Å². The van der Waals surface area contributed by atoms with Gasteiger partial charge in [0.2, 0.25) is 0 Å². The first kappa shape index (κ1) is 7.37. The quantitative estimate of drug-likeness (QED) is 0.707. The van der Waals surface area contributed by atoms with Crippen LogP contribution in [0.4, 0.5) is 0 Å². The molecule has 4 heteroatoms. The van der Waals surface area contributed by atoms with Crippen LogP contribution in [0.5, 0.6) is 0 Å². The molecule has 0 radical (unpaired) electrons. The minimum Gasteiger partial charge on any atom is -0.322 e. The number of fused-ring (bicyclic) bond motifs is 1. The van der Waals surface area contributed by atoms with Crippen LogP contribution in [-0.4, -0.2) is 27.5 Å². The Bertz CT molecular complexity index is 1220. The fourth-order valence-corrected chi connectivity index (χ4v) is 2.56. The van der Waals surface area contributed by atoms with E-state index in [1.54, 1.807) is 0 Å². The molecule has 4 rings (SSSR count). The van der Waals surface area contributed by atoms with E-state index in [1.807, 2.05) is 0 Å². The van der Waals surface area contributed by atoms with Crippen LogP contribution < -0.4 is 0 Å². The third-order valence-corrected chi connectivity index (χ3v) is 3.80. The lowest BCUT2D eigenvalue weighted by Crippen LogP contribution is -2.21. The van der Waals surface area contributed by atoms with Crippen LogP contribution in [0.3, 0.4) is 0 Å². The topological polar surface area (TPSA) is 21.1 Å². The second-order valence-electron chi connectivity index (χ2n) is 5.18. The summed E-state index contributed by atoms with van der Waals surface area (Å²) in [6, 6.07) is 4.07. The molecule has 1 aliphatic rings. The molecule has 3 aromatic rings. The summed E-state index contributed by atoms with van der Waals surface area (Å²) < 4.78 is 83.4. The van der Waals surface area contributed by atoms with Crippen molar-refractivity contribution in [1.29, 1.82) is 0 Å². The van der Waals surface area contributed by atoms with Crippen molar-refractivity contribution in [2.24, 2.45) is 0 Å². The number of imidazole rings is 1. The molecule has 0 amide bonds. The maximum atomic E-state index is 8.87. The molecule has 1 aromatic heterocycles. The molecule has 0 atom stereocenters. The predicted octanol–water partition coefficient (Wildman–Crippen LogP) is 4.33. The SMILES string of the molecule is [2H]c1c([2H])c([2H])c2c(nc(CN3CC([2H])([2H])C([2H])([2H])C3)n2C([2H])([2H])c2ccc(Cl)cc2)c1[2H]. The van der Waals surface area contributed by atoms with Crippen LogP contribution in [0.2, 0.25) is 5.02 Å². The molecule has 2 aromatic carbocycles. The second kappa shape index (κ2) is 6.34. The van der Waals surface area contributed by atoms with Gasteiger partial charge in [-0.3, -0.25) is 4.90 Å². The molecule has 0 saturated carbocycles. The molecule has 0 unspecified atom stereocenters. The summed E-state index contributed by atoms with van der Waals surface area (Å²) in [5.74, 6) is 0.0328. The van der Waals surface area contributed by atoms with Crippen LogP contribution in [0.25, 0.3) is 11.0 Å². The Balaban J connectivity index is 1.94. The van der Waals surface area contributed by atoms with Crippen molar-refractivity contribution in [3.05, 3.63) is 64.8 Å². The number of para-hydroxylation sites is 2. The molecule has 118 valence electrons. The van der Waals surface area contributed by atoms with E-state index in [1.165, 1.54) is 29.2 Å². The Morgan fingerprint density at radius 3 is 2.70 bits per heavy atom. The van der Waals surface area contributed by atoms with Gasteiger partial charge in [-0.25, -0.2) is 4.98 Å². The molecular weight excluding hydrogens is 306 g/mol. The molecule has 23 heavy (non-hydrogen) atoms. The van der Waals surface area contributed by atoms with Crippen LogP contribution >= 0.6 is 11.6 Å². The van der Waals surface area contributed by atoms with Crippen LogP contribution in [0, 0.1) is 0 Å². The molecule has 1 aliphatic heterocycles. The van der Waals surface area contributed by atoms with E-state index in [4.69, 9.17) is 25.3 Å². The molecule has 1 fully saturated rings. The van der Waals surface area contributed by atoms with Crippen molar-refractivity contribution < 1.29 is 13.7 Å². The molecule has 1 saturated heterocycles. The van der Waals surface area contributed by atoms with Gasteiger partial charge in [-0.1, -0.05) is 35.8 Å². The lowest BCUT2D eigenvalue weighted by Gasteiger charge is -2.16. The van der Waals surface area contributed by atoms with Gasteiger partial charge in [0, 0.05) is 17.0 Å². The fourth-order valence-electron chi connectivity index (χ4n) is 2.43. The minimum atomic E-state index is -2.30. The summed E-state index contributed by atoms with van der Waals surface area (Å²) in [5.41, 5.74) is -0.0628. The lowest BCUT2D eigenvalue weighted by molar-refractivity contribution is 0.318. The van der Waals surface area contributed by atoms with Gasteiger partial charge in [-0.2, -0.15) is 0 Å². The zero-order valence-electron chi connectivity index (χ0n) is 22.2. The van der Waals surface area contributed by atoms with Gasteiger partial charge in [0.25, 0.3) is 0 Å². The Morgan fingerprint density at radius 1 is 1.17 bits per heavy atom. The van der Waals surface area contributed by atoms with Crippen LogP contribution in [0.15, 0.2) is 48.4 Å². The molecular formula is C19H20ClN3. The van der Waals surface area contributed by atoms with E-state index >= 15 is 0 Å². The van der Waals surface area contributed by atoms with Crippen LogP contribution in [0.1, 0.15) is 37.8 Å². The van der Waals surface area contributed by atoms with Crippen LogP contribution in [-0.2, 0) is 13.0 Å². The summed E-state index contributed by atoms with van der Waals surface area (Å²) in [7, 11) is 0. The van der Waals surface area contributed by atoms with Gasteiger partial charge in [0.1, 0.15) is 5.82 Å². The normalized spacial score (nSPS) is 26.8. The Morgan fingerprint density at radius 2 is 1.91 bits per heavy atom. The highest BCUT2D eigenvalue weighted by Crippen LogP contribution is 2.21. The van der Waals surface area contributed by atoms with Gasteiger partial charge in [0.05, 0.1) is 25.8 Å². The first-order valence-corrected chi connectivity index (χ1v) is 7.52. The number of hydrogen-bond acceptors (Lipinski definition) is 2. The highest BCUT2D eigenvalue weighted by molar-refractivity contribution is 6.30.